The van der Waals surface area contributed by atoms with Gasteiger partial charge in [0.2, 0.25) is 0 Å². The molecule has 2 heteroatoms. The fraction of sp³-hybridized carbons (Fsp3) is 0.250. The Balaban J connectivity index is 1.05. The molecule has 5 aliphatic rings. The number of para-hydroxylation sites is 3. The van der Waals surface area contributed by atoms with E-state index in [1.807, 2.05) is 0 Å². The lowest BCUT2D eigenvalue weighted by molar-refractivity contribution is 0.191. The van der Waals surface area contributed by atoms with Gasteiger partial charge in [0.15, 0.2) is 0 Å². The zero-order valence-electron chi connectivity index (χ0n) is 34.3. The molecule has 4 saturated carbocycles. The fourth-order valence-electron chi connectivity index (χ4n) is 13.2. The number of hydrogen-bond donors (Lipinski definition) is 0. The molecule has 0 saturated heterocycles. The first-order valence-electron chi connectivity index (χ1n) is 21.6. The van der Waals surface area contributed by atoms with E-state index in [9.17, 15) is 0 Å². The van der Waals surface area contributed by atoms with Crippen molar-refractivity contribution in [3.63, 3.8) is 0 Å². The van der Waals surface area contributed by atoms with Crippen molar-refractivity contribution in [2.24, 2.45) is 23.7 Å². The summed E-state index contributed by atoms with van der Waals surface area (Å²) in [5, 5.41) is 2.59. The average Bonchev–Trinajstić information content (AvgIpc) is 3.93. The molecule has 0 aliphatic heterocycles. The van der Waals surface area contributed by atoms with E-state index in [1.54, 1.807) is 11.1 Å². The van der Waals surface area contributed by atoms with Gasteiger partial charge >= 0.3 is 0 Å². The van der Waals surface area contributed by atoms with E-state index in [-0.39, 0.29) is 5.41 Å². The van der Waals surface area contributed by atoms with Gasteiger partial charge in [0.25, 0.3) is 0 Å². The van der Waals surface area contributed by atoms with Crippen molar-refractivity contribution in [2.75, 3.05) is 4.90 Å². The van der Waals surface area contributed by atoms with Crippen LogP contribution in [0.1, 0.15) is 64.6 Å². The highest BCUT2D eigenvalue weighted by Gasteiger charge is 2.66. The van der Waals surface area contributed by atoms with E-state index in [1.165, 1.54) is 120 Å². The minimum atomic E-state index is 0.0766. The molecule has 5 unspecified atom stereocenters. The molecule has 5 atom stereocenters. The molecule has 2 nitrogen and oxygen atoms in total. The molecule has 4 fully saturated rings. The molecule has 8 aromatic rings. The van der Waals surface area contributed by atoms with Crippen molar-refractivity contribution < 1.29 is 0 Å². The first kappa shape index (κ1) is 34.2. The van der Waals surface area contributed by atoms with Crippen molar-refractivity contribution in [3.05, 3.63) is 178 Å². The lowest BCUT2D eigenvalue weighted by Gasteiger charge is -2.44. The Kier molecular flexibility index (Phi) is 7.27. The predicted octanol–water partition coefficient (Wildman–Crippen LogP) is 14.8. The summed E-state index contributed by atoms with van der Waals surface area (Å²) in [6, 6.07) is 53.2. The second-order valence-corrected chi connectivity index (χ2v) is 18.3. The summed E-state index contributed by atoms with van der Waals surface area (Å²) in [4.78, 5) is 2.58. The van der Waals surface area contributed by atoms with Gasteiger partial charge in [0.1, 0.15) is 0 Å². The van der Waals surface area contributed by atoms with Gasteiger partial charge in [-0.05, 0) is 200 Å². The molecule has 4 bridgehead atoms. The van der Waals surface area contributed by atoms with E-state index in [0.29, 0.717) is 11.8 Å². The van der Waals surface area contributed by atoms with Gasteiger partial charge in [-0.2, -0.15) is 0 Å². The molecule has 7 aromatic carbocycles. The average molecular weight is 751 g/mol. The summed E-state index contributed by atoms with van der Waals surface area (Å²) in [7, 11) is 0. The predicted molar refractivity (Wildman–Crippen MR) is 243 cm³/mol. The summed E-state index contributed by atoms with van der Waals surface area (Å²) in [5.41, 5.74) is 23.2. The van der Waals surface area contributed by atoms with Crippen molar-refractivity contribution in [2.45, 2.75) is 65.7 Å². The highest BCUT2D eigenvalue weighted by molar-refractivity contribution is 6.09. The second kappa shape index (κ2) is 12.3. The topological polar surface area (TPSA) is 8.17 Å². The lowest BCUT2D eigenvalue weighted by Crippen LogP contribution is -2.40. The number of anilines is 3. The standard InChI is InChI=1S/C56H50N2/c1-33-34(2)36(4)55(37(5)35(33)3)57(43-15-7-6-8-16-43)45-23-24-46-49-31-40(22-25-50(49)56(52(46)32-45)42-27-38-26-41(29-42)51(56)28-38)39-14-13-17-44(30-39)58-53-20-11-9-18-47(53)48-19-10-12-21-54(48)58/h6-25,30-32,38,41-42,51H,26-29H2,1-5H3. The first-order valence-corrected chi connectivity index (χ1v) is 21.6. The number of rotatable bonds is 5. The van der Waals surface area contributed by atoms with Gasteiger partial charge in [-0.25, -0.2) is 0 Å². The highest BCUT2D eigenvalue weighted by Crippen LogP contribution is 2.73. The smallest absolute Gasteiger partial charge is 0.0541 e. The van der Waals surface area contributed by atoms with Crippen LogP contribution in [0, 0.1) is 58.3 Å². The van der Waals surface area contributed by atoms with Crippen LogP contribution in [0.5, 0.6) is 0 Å². The largest absolute Gasteiger partial charge is 0.310 e. The molecular formula is C56H50N2. The second-order valence-electron chi connectivity index (χ2n) is 18.3. The minimum absolute atomic E-state index is 0.0766. The number of nitrogens with zero attached hydrogens (tertiary/aromatic N) is 2. The third-order valence-corrected chi connectivity index (χ3v) is 15.9. The molecule has 0 radical (unpaired) electrons. The maximum Gasteiger partial charge on any atom is 0.0541 e. The van der Waals surface area contributed by atoms with Crippen LogP contribution in [0.4, 0.5) is 17.1 Å². The lowest BCUT2D eigenvalue weighted by atomic mass is 9.59. The third-order valence-electron chi connectivity index (χ3n) is 15.9. The van der Waals surface area contributed by atoms with E-state index in [4.69, 9.17) is 0 Å². The molecule has 1 spiro atoms. The van der Waals surface area contributed by atoms with Gasteiger partial charge in [-0.1, -0.05) is 84.9 Å². The van der Waals surface area contributed by atoms with Crippen LogP contribution in [-0.2, 0) is 5.41 Å². The zero-order valence-corrected chi connectivity index (χ0v) is 34.3. The third kappa shape index (κ3) is 4.49. The van der Waals surface area contributed by atoms with Crippen molar-refractivity contribution >= 4 is 38.9 Å². The Morgan fingerprint density at radius 3 is 1.90 bits per heavy atom. The molecule has 284 valence electrons. The van der Waals surface area contributed by atoms with E-state index in [0.717, 1.165) is 11.8 Å². The normalized spacial score (nSPS) is 22.4. The molecule has 5 aliphatic carbocycles. The number of benzene rings is 7. The van der Waals surface area contributed by atoms with E-state index < -0.39 is 0 Å². The maximum atomic E-state index is 2.66. The Bertz CT molecular complexity index is 2920. The number of aromatic nitrogens is 1. The Morgan fingerprint density at radius 2 is 1.17 bits per heavy atom. The first-order chi connectivity index (χ1) is 28.3. The summed E-state index contributed by atoms with van der Waals surface area (Å²) in [5.74, 6) is 3.16. The van der Waals surface area contributed by atoms with Crippen LogP contribution in [0.3, 0.4) is 0 Å². The van der Waals surface area contributed by atoms with Crippen molar-refractivity contribution in [1.82, 2.24) is 4.57 Å². The Labute approximate surface area is 342 Å². The Hall–Kier alpha value is -5.86. The number of hydrogen-bond acceptors (Lipinski definition) is 1. The zero-order chi connectivity index (χ0) is 39.0. The van der Waals surface area contributed by atoms with Crippen LogP contribution in [0.15, 0.2) is 140 Å². The maximum absolute atomic E-state index is 2.66. The Morgan fingerprint density at radius 1 is 0.500 bits per heavy atom. The molecular weight excluding hydrogens is 701 g/mol. The van der Waals surface area contributed by atoms with Crippen molar-refractivity contribution in [3.8, 4) is 27.9 Å². The number of fused-ring (bicyclic) bond motifs is 6. The molecule has 0 amide bonds. The van der Waals surface area contributed by atoms with Crippen LogP contribution >= 0.6 is 0 Å². The van der Waals surface area contributed by atoms with Crippen LogP contribution in [0.2, 0.25) is 0 Å². The molecule has 13 rings (SSSR count). The summed E-state index contributed by atoms with van der Waals surface area (Å²) in [6.45, 7) is 11.6. The van der Waals surface area contributed by atoms with Crippen LogP contribution < -0.4 is 4.90 Å². The minimum Gasteiger partial charge on any atom is -0.310 e. The summed E-state index contributed by atoms with van der Waals surface area (Å²) in [6.07, 6.45) is 5.56. The van der Waals surface area contributed by atoms with E-state index >= 15 is 0 Å². The van der Waals surface area contributed by atoms with Gasteiger partial charge in [-0.15, -0.1) is 0 Å². The van der Waals surface area contributed by atoms with Crippen LogP contribution in [0.25, 0.3) is 49.7 Å². The van der Waals surface area contributed by atoms with Crippen molar-refractivity contribution in [1.29, 1.82) is 0 Å². The molecule has 1 heterocycles. The van der Waals surface area contributed by atoms with Gasteiger partial charge in [-0.3, -0.25) is 0 Å². The van der Waals surface area contributed by atoms with Gasteiger partial charge in [0.05, 0.1) is 16.7 Å². The quantitative estimate of drug-likeness (QED) is 0.170. The molecule has 1 aromatic heterocycles. The fourth-order valence-corrected chi connectivity index (χ4v) is 13.2. The van der Waals surface area contributed by atoms with Gasteiger partial charge < -0.3 is 9.47 Å². The molecule has 0 N–H and O–H groups in total. The SMILES string of the molecule is Cc1c(C)c(C)c(N(c2ccccc2)c2ccc3c(c2)C2(c4ccc(-c5cccc(-n6c7ccccc7c7ccccc76)c5)cc4-3)C3CC4CC(C3)C2C4)c(C)c1C. The van der Waals surface area contributed by atoms with Crippen LogP contribution in [-0.4, -0.2) is 4.57 Å². The summed E-state index contributed by atoms with van der Waals surface area (Å²) < 4.78 is 2.44. The van der Waals surface area contributed by atoms with Gasteiger partial charge in [0, 0.05) is 33.2 Å². The highest BCUT2D eigenvalue weighted by atomic mass is 15.1. The summed E-state index contributed by atoms with van der Waals surface area (Å²) >= 11 is 0. The van der Waals surface area contributed by atoms with E-state index in [2.05, 4.69) is 184 Å². The molecule has 58 heavy (non-hydrogen) atoms. The monoisotopic (exact) mass is 750 g/mol.